The van der Waals surface area contributed by atoms with Crippen molar-refractivity contribution in [2.75, 3.05) is 18.4 Å². The van der Waals surface area contributed by atoms with Crippen LogP contribution in [0.3, 0.4) is 0 Å². The Morgan fingerprint density at radius 3 is 1.97 bits per heavy atom. The zero-order valence-corrected chi connectivity index (χ0v) is 16.5. The topological polar surface area (TPSA) is 58.6 Å². The lowest BCUT2D eigenvalue weighted by atomic mass is 9.87. The van der Waals surface area contributed by atoms with Crippen LogP contribution in [0.4, 0.5) is 5.69 Å². The molecule has 5 rings (SSSR count). The Kier molecular flexibility index (Phi) is 4.71. The highest BCUT2D eigenvalue weighted by atomic mass is 16.5. The molecule has 2 aliphatic heterocycles. The maximum absolute atomic E-state index is 13.3. The average molecular weight is 398 g/mol. The normalized spacial score (nSPS) is 15.1. The second-order valence-corrected chi connectivity index (χ2v) is 7.68. The van der Waals surface area contributed by atoms with E-state index in [4.69, 9.17) is 4.74 Å². The van der Waals surface area contributed by atoms with E-state index in [1.807, 2.05) is 53.4 Å². The fraction of sp³-hybridized carbons (Fsp3) is 0.200. The van der Waals surface area contributed by atoms with Crippen molar-refractivity contribution in [3.05, 3.63) is 89.5 Å². The number of carbonyl (C=O) groups is 2. The summed E-state index contributed by atoms with van der Waals surface area (Å²) in [5.41, 5.74) is 3.00. The van der Waals surface area contributed by atoms with E-state index in [1.165, 1.54) is 0 Å². The molecule has 5 nitrogen and oxygen atoms in total. The van der Waals surface area contributed by atoms with E-state index in [9.17, 15) is 9.59 Å². The molecule has 0 unspecified atom stereocenters. The first kappa shape index (κ1) is 18.4. The van der Waals surface area contributed by atoms with Gasteiger partial charge in [-0.1, -0.05) is 36.4 Å². The van der Waals surface area contributed by atoms with Gasteiger partial charge in [-0.15, -0.1) is 0 Å². The molecule has 0 bridgehead atoms. The maximum atomic E-state index is 13.3. The fourth-order valence-electron chi connectivity index (χ4n) is 4.21. The number of para-hydroxylation sites is 2. The highest BCUT2D eigenvalue weighted by Gasteiger charge is 2.32. The minimum Gasteiger partial charge on any atom is -0.457 e. The van der Waals surface area contributed by atoms with Crippen molar-refractivity contribution < 1.29 is 14.3 Å². The SMILES string of the molecule is O=C(Nc1ccc(C(=O)N2CCCC2)cc1)C1c2ccccc2Oc2ccccc21. The molecule has 5 heteroatoms. The van der Waals surface area contributed by atoms with Gasteiger partial charge in [-0.2, -0.15) is 0 Å². The van der Waals surface area contributed by atoms with Crippen LogP contribution in [0.5, 0.6) is 11.5 Å². The number of likely N-dealkylation sites (tertiary alicyclic amines) is 1. The summed E-state index contributed by atoms with van der Waals surface area (Å²) in [7, 11) is 0. The van der Waals surface area contributed by atoms with E-state index in [-0.39, 0.29) is 11.8 Å². The summed E-state index contributed by atoms with van der Waals surface area (Å²) in [6.07, 6.45) is 2.13. The number of hydrogen-bond acceptors (Lipinski definition) is 3. The van der Waals surface area contributed by atoms with E-state index in [1.54, 1.807) is 24.3 Å². The number of hydrogen-bond donors (Lipinski definition) is 1. The van der Waals surface area contributed by atoms with Crippen LogP contribution in [-0.4, -0.2) is 29.8 Å². The van der Waals surface area contributed by atoms with E-state index in [2.05, 4.69) is 5.32 Å². The number of fused-ring (bicyclic) bond motifs is 2. The standard InChI is InChI=1S/C25H22N2O3/c28-24(26-18-13-11-17(12-14-18)25(29)27-15-5-6-16-27)23-19-7-1-3-9-21(19)30-22-10-4-2-8-20(22)23/h1-4,7-14,23H,5-6,15-16H2,(H,26,28). The largest absolute Gasteiger partial charge is 0.457 e. The van der Waals surface area contributed by atoms with Gasteiger partial charge >= 0.3 is 0 Å². The van der Waals surface area contributed by atoms with E-state index >= 15 is 0 Å². The van der Waals surface area contributed by atoms with Crippen LogP contribution in [0, 0.1) is 0 Å². The summed E-state index contributed by atoms with van der Waals surface area (Å²) >= 11 is 0. The molecular weight excluding hydrogens is 376 g/mol. The van der Waals surface area contributed by atoms with Gasteiger partial charge in [0.15, 0.2) is 0 Å². The van der Waals surface area contributed by atoms with E-state index < -0.39 is 5.92 Å². The predicted octanol–water partition coefficient (Wildman–Crippen LogP) is 4.80. The predicted molar refractivity (Wildman–Crippen MR) is 115 cm³/mol. The van der Waals surface area contributed by atoms with Gasteiger partial charge in [0.25, 0.3) is 5.91 Å². The smallest absolute Gasteiger partial charge is 0.253 e. The number of carbonyl (C=O) groups excluding carboxylic acids is 2. The summed E-state index contributed by atoms with van der Waals surface area (Å²) in [6, 6.07) is 22.4. The monoisotopic (exact) mass is 398 g/mol. The Morgan fingerprint density at radius 1 is 0.800 bits per heavy atom. The molecule has 1 fully saturated rings. The van der Waals surface area contributed by atoms with Crippen LogP contribution in [0.2, 0.25) is 0 Å². The lowest BCUT2D eigenvalue weighted by Crippen LogP contribution is -2.27. The van der Waals surface area contributed by atoms with Gasteiger partial charge in [0, 0.05) is 35.5 Å². The third-order valence-corrected chi connectivity index (χ3v) is 5.73. The van der Waals surface area contributed by atoms with Crippen molar-refractivity contribution in [3.63, 3.8) is 0 Å². The van der Waals surface area contributed by atoms with E-state index in [0.29, 0.717) is 22.7 Å². The Hall–Kier alpha value is -3.60. The molecule has 2 aliphatic rings. The minimum atomic E-state index is -0.461. The van der Waals surface area contributed by atoms with Crippen LogP contribution in [0.15, 0.2) is 72.8 Å². The lowest BCUT2D eigenvalue weighted by molar-refractivity contribution is -0.116. The van der Waals surface area contributed by atoms with Crippen molar-refractivity contribution >= 4 is 17.5 Å². The molecular formula is C25H22N2O3. The van der Waals surface area contributed by atoms with Crippen LogP contribution >= 0.6 is 0 Å². The van der Waals surface area contributed by atoms with Crippen molar-refractivity contribution in [2.24, 2.45) is 0 Å². The van der Waals surface area contributed by atoms with Gasteiger partial charge in [-0.25, -0.2) is 0 Å². The van der Waals surface area contributed by atoms with Gasteiger partial charge < -0.3 is 15.0 Å². The molecule has 3 aromatic rings. The maximum Gasteiger partial charge on any atom is 0.253 e. The molecule has 2 amide bonds. The average Bonchev–Trinajstić information content (AvgIpc) is 3.32. The van der Waals surface area contributed by atoms with Crippen molar-refractivity contribution in [3.8, 4) is 11.5 Å². The molecule has 150 valence electrons. The summed E-state index contributed by atoms with van der Waals surface area (Å²) in [5, 5.41) is 3.01. The number of benzene rings is 3. The Labute approximate surface area is 175 Å². The zero-order valence-electron chi connectivity index (χ0n) is 16.5. The highest BCUT2D eigenvalue weighted by molar-refractivity contribution is 6.00. The van der Waals surface area contributed by atoms with Crippen molar-refractivity contribution in [1.29, 1.82) is 0 Å². The van der Waals surface area contributed by atoms with Gasteiger partial charge in [-0.3, -0.25) is 9.59 Å². The third-order valence-electron chi connectivity index (χ3n) is 5.73. The van der Waals surface area contributed by atoms with Crippen molar-refractivity contribution in [1.82, 2.24) is 4.90 Å². The number of nitrogens with zero attached hydrogens (tertiary/aromatic N) is 1. The molecule has 1 saturated heterocycles. The number of ether oxygens (including phenoxy) is 1. The number of amides is 2. The molecule has 0 aromatic heterocycles. The molecule has 0 radical (unpaired) electrons. The van der Waals surface area contributed by atoms with Crippen LogP contribution in [-0.2, 0) is 4.79 Å². The quantitative estimate of drug-likeness (QED) is 0.690. The molecule has 0 atom stereocenters. The third kappa shape index (κ3) is 3.32. The first-order valence-electron chi connectivity index (χ1n) is 10.3. The molecule has 0 aliphatic carbocycles. The highest BCUT2D eigenvalue weighted by Crippen LogP contribution is 2.44. The van der Waals surface area contributed by atoms with Crippen LogP contribution in [0.25, 0.3) is 0 Å². The summed E-state index contributed by atoms with van der Waals surface area (Å²) in [6.45, 7) is 1.64. The Balaban J connectivity index is 1.39. The first-order valence-corrected chi connectivity index (χ1v) is 10.3. The van der Waals surface area contributed by atoms with Gasteiger partial charge in [0.2, 0.25) is 5.91 Å². The van der Waals surface area contributed by atoms with Crippen molar-refractivity contribution in [2.45, 2.75) is 18.8 Å². The molecule has 0 saturated carbocycles. The molecule has 0 spiro atoms. The summed E-state index contributed by atoms with van der Waals surface area (Å²) in [5.74, 6) is 0.859. The summed E-state index contributed by atoms with van der Waals surface area (Å²) < 4.78 is 5.98. The first-order chi connectivity index (χ1) is 14.7. The number of nitrogens with one attached hydrogen (secondary N) is 1. The van der Waals surface area contributed by atoms with Crippen LogP contribution in [0.1, 0.15) is 40.2 Å². The molecule has 30 heavy (non-hydrogen) atoms. The minimum absolute atomic E-state index is 0.0534. The van der Waals surface area contributed by atoms with E-state index in [0.717, 1.165) is 37.1 Å². The molecule has 2 heterocycles. The van der Waals surface area contributed by atoms with Crippen LogP contribution < -0.4 is 10.1 Å². The molecule has 3 aromatic carbocycles. The summed E-state index contributed by atoms with van der Waals surface area (Å²) in [4.78, 5) is 27.7. The van der Waals surface area contributed by atoms with Gasteiger partial charge in [0.1, 0.15) is 11.5 Å². The molecule has 1 N–H and O–H groups in total. The number of rotatable bonds is 3. The van der Waals surface area contributed by atoms with Gasteiger partial charge in [0.05, 0.1) is 5.92 Å². The zero-order chi connectivity index (χ0) is 20.5. The van der Waals surface area contributed by atoms with Gasteiger partial charge in [-0.05, 0) is 49.2 Å². The fourth-order valence-corrected chi connectivity index (χ4v) is 4.21. The Morgan fingerprint density at radius 2 is 1.37 bits per heavy atom. The lowest BCUT2D eigenvalue weighted by Gasteiger charge is -2.27. The number of anilines is 1. The second kappa shape index (κ2) is 7.67. The Bertz CT molecular complexity index is 1060. The second-order valence-electron chi connectivity index (χ2n) is 7.68.